The highest BCUT2D eigenvalue weighted by Crippen LogP contribution is 2.19. The van der Waals surface area contributed by atoms with E-state index in [-0.39, 0.29) is 36.9 Å². The maximum atomic E-state index is 12.3. The summed E-state index contributed by atoms with van der Waals surface area (Å²) in [5.41, 5.74) is 0.938. The zero-order valence-corrected chi connectivity index (χ0v) is 16.9. The maximum Gasteiger partial charge on any atom is 0.273 e. The molecule has 1 fully saturated rings. The molecule has 0 unspecified atom stereocenters. The van der Waals surface area contributed by atoms with E-state index in [4.69, 9.17) is 10.00 Å². The number of nitrogens with one attached hydrogen (secondary N) is 4. The van der Waals surface area contributed by atoms with Crippen LogP contribution in [0.3, 0.4) is 0 Å². The normalized spacial score (nSPS) is 15.5. The summed E-state index contributed by atoms with van der Waals surface area (Å²) < 4.78 is 5.67. The van der Waals surface area contributed by atoms with Gasteiger partial charge < -0.3 is 26.0 Å². The Kier molecular flexibility index (Phi) is 8.53. The average molecular weight is 417 g/mol. The molecule has 0 radical (unpaired) electrons. The number of nitrogens with zero attached hydrogens (tertiary/aromatic N) is 5. The van der Waals surface area contributed by atoms with Crippen molar-refractivity contribution in [3.8, 4) is 6.07 Å². The number of hydrogen-bond donors (Lipinski definition) is 4. The van der Waals surface area contributed by atoms with Gasteiger partial charge in [-0.15, -0.1) is 10.2 Å². The first-order valence-electron chi connectivity index (χ1n) is 8.91. The standard InChI is InChI=1S/C17H21N9O2.H2S/c1-2-20-17(27)16-13(22-9-12-8-19-3-4-28-12)5-14(25-26-16)24-15-10-21-11(6-18)7-23-15;/h5,7,10,12,19H,2-4,8-9H2,1H3,(H,20,27)(H2,22,23,24,25);1H2/t12-;/m0./s1. The van der Waals surface area contributed by atoms with Crippen molar-refractivity contribution >= 4 is 36.7 Å². The Balaban J connectivity index is 0.00000300. The van der Waals surface area contributed by atoms with Crippen LogP contribution in [-0.4, -0.2) is 65.0 Å². The Morgan fingerprint density at radius 1 is 1.34 bits per heavy atom. The highest BCUT2D eigenvalue weighted by Gasteiger charge is 2.18. The van der Waals surface area contributed by atoms with E-state index < -0.39 is 0 Å². The molecule has 1 aliphatic heterocycles. The van der Waals surface area contributed by atoms with Crippen LogP contribution in [0.1, 0.15) is 23.1 Å². The van der Waals surface area contributed by atoms with Gasteiger partial charge in [0.1, 0.15) is 11.9 Å². The number of aromatic nitrogens is 4. The van der Waals surface area contributed by atoms with Crippen LogP contribution in [0.4, 0.5) is 17.3 Å². The van der Waals surface area contributed by atoms with Gasteiger partial charge in [0.25, 0.3) is 5.91 Å². The Bertz CT molecular complexity index is 851. The number of rotatable bonds is 7. The third kappa shape index (κ3) is 6.24. The Morgan fingerprint density at radius 3 is 2.86 bits per heavy atom. The van der Waals surface area contributed by atoms with Gasteiger partial charge in [0.05, 0.1) is 30.8 Å². The zero-order valence-electron chi connectivity index (χ0n) is 15.9. The Labute approximate surface area is 175 Å². The van der Waals surface area contributed by atoms with Crippen LogP contribution in [-0.2, 0) is 4.74 Å². The molecule has 0 bridgehead atoms. The predicted molar refractivity (Wildman–Crippen MR) is 112 cm³/mol. The molecule has 1 amide bonds. The number of nitriles is 1. The van der Waals surface area contributed by atoms with E-state index >= 15 is 0 Å². The summed E-state index contributed by atoms with van der Waals surface area (Å²) in [6.07, 6.45) is 2.77. The summed E-state index contributed by atoms with van der Waals surface area (Å²) in [7, 11) is 0. The second-order valence-corrected chi connectivity index (χ2v) is 5.95. The van der Waals surface area contributed by atoms with Gasteiger partial charge in [-0.05, 0) is 6.92 Å². The number of hydrogen-bond acceptors (Lipinski definition) is 10. The summed E-state index contributed by atoms with van der Waals surface area (Å²) >= 11 is 0. The molecule has 3 rings (SSSR count). The number of carbonyl (C=O) groups is 1. The minimum absolute atomic E-state index is 0. The molecular formula is C17H23N9O2S. The molecule has 2 aromatic rings. The third-order valence-corrected chi connectivity index (χ3v) is 3.89. The van der Waals surface area contributed by atoms with Crippen molar-refractivity contribution in [1.29, 1.82) is 5.26 Å². The summed E-state index contributed by atoms with van der Waals surface area (Å²) in [6.45, 7) is 5.04. The van der Waals surface area contributed by atoms with Crippen molar-refractivity contribution in [1.82, 2.24) is 30.8 Å². The van der Waals surface area contributed by atoms with Crippen LogP contribution in [0.2, 0.25) is 0 Å². The van der Waals surface area contributed by atoms with Crippen molar-refractivity contribution < 1.29 is 9.53 Å². The van der Waals surface area contributed by atoms with Crippen molar-refractivity contribution in [2.45, 2.75) is 13.0 Å². The minimum atomic E-state index is -0.315. The van der Waals surface area contributed by atoms with Crippen molar-refractivity contribution in [2.24, 2.45) is 0 Å². The summed E-state index contributed by atoms with van der Waals surface area (Å²) in [6, 6.07) is 3.58. The van der Waals surface area contributed by atoms with Crippen LogP contribution < -0.4 is 21.3 Å². The lowest BCUT2D eigenvalue weighted by Crippen LogP contribution is -2.42. The lowest BCUT2D eigenvalue weighted by atomic mass is 10.2. The number of carbonyl (C=O) groups excluding carboxylic acids is 1. The number of anilines is 3. The van der Waals surface area contributed by atoms with E-state index in [1.54, 1.807) is 6.07 Å². The summed E-state index contributed by atoms with van der Waals surface area (Å²) in [5.74, 6) is 0.479. The minimum Gasteiger partial charge on any atom is -0.380 e. The predicted octanol–water partition coefficient (Wildman–Crippen LogP) is 0.145. The van der Waals surface area contributed by atoms with Crippen molar-refractivity contribution in [3.63, 3.8) is 0 Å². The fraction of sp³-hybridized carbons (Fsp3) is 0.412. The first-order chi connectivity index (χ1) is 13.7. The zero-order chi connectivity index (χ0) is 19.8. The molecule has 2 aromatic heterocycles. The van der Waals surface area contributed by atoms with E-state index in [0.717, 1.165) is 13.1 Å². The smallest absolute Gasteiger partial charge is 0.273 e. The first kappa shape index (κ1) is 22.3. The molecule has 154 valence electrons. The topological polar surface area (TPSA) is 150 Å². The number of ether oxygens (including phenoxy) is 1. The van der Waals surface area contributed by atoms with Crippen LogP contribution >= 0.6 is 13.5 Å². The van der Waals surface area contributed by atoms with Gasteiger partial charge >= 0.3 is 0 Å². The summed E-state index contributed by atoms with van der Waals surface area (Å²) in [5, 5.41) is 29.0. The van der Waals surface area contributed by atoms with Crippen LogP contribution in [0.25, 0.3) is 0 Å². The second-order valence-electron chi connectivity index (χ2n) is 5.95. The molecule has 29 heavy (non-hydrogen) atoms. The average Bonchev–Trinajstić information content (AvgIpc) is 2.74. The quantitative estimate of drug-likeness (QED) is 0.490. The van der Waals surface area contributed by atoms with E-state index in [1.165, 1.54) is 12.4 Å². The Hall–Kier alpha value is -3.01. The van der Waals surface area contributed by atoms with Crippen molar-refractivity contribution in [3.05, 3.63) is 29.8 Å². The first-order valence-corrected chi connectivity index (χ1v) is 8.91. The molecule has 12 heteroatoms. The fourth-order valence-corrected chi connectivity index (χ4v) is 2.56. The number of morpholine rings is 1. The molecule has 11 nitrogen and oxygen atoms in total. The van der Waals surface area contributed by atoms with Gasteiger partial charge in [-0.1, -0.05) is 0 Å². The van der Waals surface area contributed by atoms with E-state index in [1.807, 2.05) is 13.0 Å². The number of amides is 1. The van der Waals surface area contributed by atoms with Crippen LogP contribution in [0, 0.1) is 11.3 Å². The van der Waals surface area contributed by atoms with E-state index in [9.17, 15) is 4.79 Å². The molecule has 4 N–H and O–H groups in total. The maximum absolute atomic E-state index is 12.3. The lowest BCUT2D eigenvalue weighted by molar-refractivity contribution is 0.0372. The molecular weight excluding hydrogens is 394 g/mol. The van der Waals surface area contributed by atoms with Gasteiger partial charge in [-0.3, -0.25) is 4.79 Å². The molecule has 0 saturated carbocycles. The van der Waals surface area contributed by atoms with Crippen molar-refractivity contribution in [2.75, 3.05) is 43.4 Å². The van der Waals surface area contributed by atoms with Crippen LogP contribution in [0.15, 0.2) is 18.5 Å². The fourth-order valence-electron chi connectivity index (χ4n) is 2.56. The van der Waals surface area contributed by atoms with Crippen LogP contribution in [0.5, 0.6) is 0 Å². The third-order valence-electron chi connectivity index (χ3n) is 3.89. The van der Waals surface area contributed by atoms with Gasteiger partial charge in [0.15, 0.2) is 17.2 Å². The monoisotopic (exact) mass is 417 g/mol. The molecule has 0 spiro atoms. The van der Waals surface area contributed by atoms with Gasteiger partial charge in [0.2, 0.25) is 0 Å². The molecule has 1 atom stereocenters. The molecule has 0 aliphatic carbocycles. The highest BCUT2D eigenvalue weighted by molar-refractivity contribution is 7.59. The molecule has 1 saturated heterocycles. The van der Waals surface area contributed by atoms with Gasteiger partial charge in [-0.25, -0.2) is 9.97 Å². The SMILES string of the molecule is CCNC(=O)c1nnc(Nc2cnc(C#N)cn2)cc1NC[C@@H]1CNCCO1.S. The van der Waals surface area contributed by atoms with E-state index in [2.05, 4.69) is 41.4 Å². The molecule has 3 heterocycles. The molecule has 1 aliphatic rings. The second kappa shape index (κ2) is 11.1. The Morgan fingerprint density at radius 2 is 2.21 bits per heavy atom. The lowest BCUT2D eigenvalue weighted by Gasteiger charge is -2.24. The highest BCUT2D eigenvalue weighted by atomic mass is 32.1. The molecule has 0 aromatic carbocycles. The van der Waals surface area contributed by atoms with Gasteiger partial charge in [0, 0.05) is 32.2 Å². The summed E-state index contributed by atoms with van der Waals surface area (Å²) in [4.78, 5) is 20.3. The largest absolute Gasteiger partial charge is 0.380 e. The van der Waals surface area contributed by atoms with E-state index in [0.29, 0.717) is 37.0 Å². The van der Waals surface area contributed by atoms with Gasteiger partial charge in [-0.2, -0.15) is 18.8 Å².